The molecule has 35 heavy (non-hydrogen) atoms. The number of hydrogen-bond acceptors (Lipinski definition) is 6. The molecule has 7 nitrogen and oxygen atoms in total. The lowest BCUT2D eigenvalue weighted by molar-refractivity contribution is -0.0685. The molecule has 0 N–H and O–H groups in total. The summed E-state index contributed by atoms with van der Waals surface area (Å²) in [5.74, 6) is 0.0131. The average molecular weight is 505 g/mol. The van der Waals surface area contributed by atoms with E-state index < -0.39 is 21.4 Å². The highest BCUT2D eigenvalue weighted by Crippen LogP contribution is 2.39. The number of rotatable bonds is 8. The molecule has 2 heterocycles. The Kier molecular flexibility index (Phi) is 7.61. The van der Waals surface area contributed by atoms with E-state index in [1.54, 1.807) is 29.6 Å². The highest BCUT2D eigenvalue weighted by Gasteiger charge is 2.47. The Labute approximate surface area is 206 Å². The SMILES string of the molecule is CCCN1C(N2CCC(OCC)(C(=O)c3ccc(F)cc3)CC2)Cc2c(OC)cccc2S1(=O)=O. The summed E-state index contributed by atoms with van der Waals surface area (Å²) in [4.78, 5) is 15.9. The van der Waals surface area contributed by atoms with Crippen molar-refractivity contribution in [2.75, 3.05) is 33.4 Å². The maximum absolute atomic E-state index is 13.6. The van der Waals surface area contributed by atoms with Gasteiger partial charge in [-0.3, -0.25) is 9.69 Å². The maximum atomic E-state index is 13.6. The molecule has 4 rings (SSSR count). The van der Waals surface area contributed by atoms with Crippen LogP contribution in [-0.2, 0) is 21.2 Å². The van der Waals surface area contributed by atoms with Gasteiger partial charge >= 0.3 is 0 Å². The molecule has 2 aromatic carbocycles. The number of sulfonamides is 1. The minimum atomic E-state index is -3.70. The summed E-state index contributed by atoms with van der Waals surface area (Å²) in [5.41, 5.74) is 0.0955. The molecule has 0 bridgehead atoms. The smallest absolute Gasteiger partial charge is 0.244 e. The molecule has 1 unspecified atom stereocenters. The summed E-state index contributed by atoms with van der Waals surface area (Å²) in [7, 11) is -2.15. The van der Waals surface area contributed by atoms with Gasteiger partial charge in [0.25, 0.3) is 0 Å². The van der Waals surface area contributed by atoms with E-state index in [2.05, 4.69) is 4.90 Å². The average Bonchev–Trinajstić information content (AvgIpc) is 2.86. The minimum Gasteiger partial charge on any atom is -0.496 e. The topological polar surface area (TPSA) is 76.2 Å². The first-order valence-corrected chi connectivity index (χ1v) is 13.6. The fourth-order valence-electron chi connectivity index (χ4n) is 5.31. The summed E-state index contributed by atoms with van der Waals surface area (Å²) in [6.45, 7) is 5.59. The molecule has 2 aliphatic heterocycles. The van der Waals surface area contributed by atoms with Gasteiger partial charge in [-0.1, -0.05) is 13.0 Å². The Morgan fingerprint density at radius 3 is 2.40 bits per heavy atom. The van der Waals surface area contributed by atoms with Crippen LogP contribution in [0.25, 0.3) is 0 Å². The van der Waals surface area contributed by atoms with E-state index in [0.29, 0.717) is 73.7 Å². The van der Waals surface area contributed by atoms with E-state index in [4.69, 9.17) is 9.47 Å². The van der Waals surface area contributed by atoms with Crippen LogP contribution in [0.4, 0.5) is 4.39 Å². The lowest BCUT2D eigenvalue weighted by Gasteiger charge is -2.47. The highest BCUT2D eigenvalue weighted by molar-refractivity contribution is 7.89. The summed E-state index contributed by atoms with van der Waals surface area (Å²) < 4.78 is 53.7. The molecule has 1 fully saturated rings. The second-order valence-electron chi connectivity index (χ2n) is 9.04. The van der Waals surface area contributed by atoms with Crippen LogP contribution in [0.3, 0.4) is 0 Å². The molecule has 0 aromatic heterocycles. The predicted molar refractivity (Wildman–Crippen MR) is 131 cm³/mol. The van der Waals surface area contributed by atoms with E-state index in [-0.39, 0.29) is 11.9 Å². The summed E-state index contributed by atoms with van der Waals surface area (Å²) in [6, 6.07) is 10.7. The standard InChI is InChI=1S/C26H33FN2O5S/c1-4-15-29-24(18-21-22(33-3)7-6-8-23(21)35(29,31)32)28-16-13-26(14-17-28,34-5-2)25(30)19-9-11-20(27)12-10-19/h6-12,24H,4-5,13-18H2,1-3H3. The summed E-state index contributed by atoms with van der Waals surface area (Å²) in [5, 5.41) is 0. The number of methoxy groups -OCH3 is 1. The molecule has 1 atom stereocenters. The van der Waals surface area contributed by atoms with Gasteiger partial charge in [0.1, 0.15) is 17.2 Å². The summed E-state index contributed by atoms with van der Waals surface area (Å²) in [6.07, 6.45) is 1.67. The molecule has 0 aliphatic carbocycles. The van der Waals surface area contributed by atoms with Crippen molar-refractivity contribution in [3.05, 3.63) is 59.4 Å². The first-order valence-electron chi connectivity index (χ1n) is 12.1. The van der Waals surface area contributed by atoms with Crippen molar-refractivity contribution < 1.29 is 27.1 Å². The number of ketones is 1. The monoisotopic (exact) mass is 504 g/mol. The zero-order chi connectivity index (χ0) is 25.2. The number of halogens is 1. The Morgan fingerprint density at radius 1 is 1.11 bits per heavy atom. The van der Waals surface area contributed by atoms with Gasteiger partial charge < -0.3 is 9.47 Å². The van der Waals surface area contributed by atoms with Gasteiger partial charge in [-0.15, -0.1) is 0 Å². The van der Waals surface area contributed by atoms with Gasteiger partial charge in [0.15, 0.2) is 5.78 Å². The molecular weight excluding hydrogens is 471 g/mol. The number of likely N-dealkylation sites (tertiary alicyclic amines) is 1. The zero-order valence-electron chi connectivity index (χ0n) is 20.5. The van der Waals surface area contributed by atoms with Crippen LogP contribution >= 0.6 is 0 Å². The number of carbonyl (C=O) groups excluding carboxylic acids is 1. The second-order valence-corrected chi connectivity index (χ2v) is 10.9. The van der Waals surface area contributed by atoms with Gasteiger partial charge in [-0.25, -0.2) is 12.8 Å². The number of piperidine rings is 1. The molecule has 1 saturated heterocycles. The third-order valence-electron chi connectivity index (χ3n) is 7.03. The van der Waals surface area contributed by atoms with Crippen molar-refractivity contribution in [1.29, 1.82) is 0 Å². The number of carbonyl (C=O) groups is 1. The third kappa shape index (κ3) is 4.74. The lowest BCUT2D eigenvalue weighted by atomic mass is 9.83. The summed E-state index contributed by atoms with van der Waals surface area (Å²) >= 11 is 0. The first-order chi connectivity index (χ1) is 16.8. The maximum Gasteiger partial charge on any atom is 0.244 e. The van der Waals surface area contributed by atoms with Crippen LogP contribution in [0.1, 0.15) is 49.0 Å². The number of fused-ring (bicyclic) bond motifs is 1. The number of benzene rings is 2. The van der Waals surface area contributed by atoms with Crippen LogP contribution in [0.5, 0.6) is 5.75 Å². The van der Waals surface area contributed by atoms with Gasteiger partial charge in [-0.2, -0.15) is 4.31 Å². The lowest BCUT2D eigenvalue weighted by Crippen LogP contribution is -2.60. The normalized spacial score (nSPS) is 21.9. The van der Waals surface area contributed by atoms with Crippen molar-refractivity contribution in [2.24, 2.45) is 0 Å². The van der Waals surface area contributed by atoms with Crippen molar-refractivity contribution in [1.82, 2.24) is 9.21 Å². The second kappa shape index (κ2) is 10.3. The van der Waals surface area contributed by atoms with Gasteiger partial charge in [0.2, 0.25) is 10.0 Å². The Bertz CT molecular complexity index is 1160. The zero-order valence-corrected chi connectivity index (χ0v) is 21.3. The van der Waals surface area contributed by atoms with E-state index in [1.807, 2.05) is 13.8 Å². The fourth-order valence-corrected chi connectivity index (χ4v) is 7.26. The van der Waals surface area contributed by atoms with Gasteiger partial charge in [0.05, 0.1) is 18.2 Å². The predicted octanol–water partition coefficient (Wildman–Crippen LogP) is 3.87. The number of hydrogen-bond donors (Lipinski definition) is 0. The Balaban J connectivity index is 1.62. The molecule has 2 aliphatic rings. The molecule has 9 heteroatoms. The highest BCUT2D eigenvalue weighted by atomic mass is 32.2. The molecular formula is C26H33FN2O5S. The molecule has 0 amide bonds. The van der Waals surface area contributed by atoms with Crippen molar-refractivity contribution in [3.8, 4) is 5.75 Å². The Hall–Kier alpha value is -2.33. The largest absolute Gasteiger partial charge is 0.496 e. The van der Waals surface area contributed by atoms with Gasteiger partial charge in [-0.05, 0) is 62.6 Å². The first kappa shape index (κ1) is 25.8. The van der Waals surface area contributed by atoms with Crippen molar-refractivity contribution in [3.63, 3.8) is 0 Å². The van der Waals surface area contributed by atoms with E-state index >= 15 is 0 Å². The molecule has 2 aromatic rings. The van der Waals surface area contributed by atoms with Gasteiger partial charge in [0, 0.05) is 43.8 Å². The van der Waals surface area contributed by atoms with Crippen LogP contribution in [0.15, 0.2) is 47.4 Å². The fraction of sp³-hybridized carbons (Fsp3) is 0.500. The van der Waals surface area contributed by atoms with Crippen molar-refractivity contribution >= 4 is 15.8 Å². The Morgan fingerprint density at radius 2 is 1.80 bits per heavy atom. The number of nitrogens with zero attached hydrogens (tertiary/aromatic N) is 2. The van der Waals surface area contributed by atoms with Crippen molar-refractivity contribution in [2.45, 2.75) is 56.2 Å². The van der Waals surface area contributed by atoms with E-state index in [9.17, 15) is 17.6 Å². The van der Waals surface area contributed by atoms with Crippen LogP contribution < -0.4 is 4.74 Å². The minimum absolute atomic E-state index is 0.160. The molecule has 0 radical (unpaired) electrons. The molecule has 190 valence electrons. The van der Waals surface area contributed by atoms with E-state index in [1.165, 1.54) is 24.3 Å². The third-order valence-corrected chi connectivity index (χ3v) is 9.01. The van der Waals surface area contributed by atoms with Crippen LogP contribution in [-0.4, -0.2) is 68.5 Å². The van der Waals surface area contributed by atoms with Crippen LogP contribution in [0, 0.1) is 5.82 Å². The number of ether oxygens (including phenoxy) is 2. The molecule has 0 saturated carbocycles. The van der Waals surface area contributed by atoms with Crippen LogP contribution in [0.2, 0.25) is 0 Å². The number of Topliss-reactive ketones (excluding diaryl/α,β-unsaturated/α-hetero) is 1. The van der Waals surface area contributed by atoms with E-state index in [0.717, 1.165) is 0 Å². The molecule has 0 spiro atoms. The quantitative estimate of drug-likeness (QED) is 0.508.